The molecule has 2 amide bonds. The first-order chi connectivity index (χ1) is 14.7. The van der Waals surface area contributed by atoms with E-state index in [9.17, 15) is 14.4 Å². The van der Waals surface area contributed by atoms with Gasteiger partial charge in [0.05, 0.1) is 7.11 Å². The first-order valence-electron chi connectivity index (χ1n) is 10.4. The number of hydrogen-bond acceptors (Lipinski definition) is 6. The number of piperidine rings is 1. The van der Waals surface area contributed by atoms with Crippen LogP contribution in [0, 0.1) is 5.92 Å². The summed E-state index contributed by atoms with van der Waals surface area (Å²) >= 11 is 0. The molecule has 1 saturated heterocycles. The lowest BCUT2D eigenvalue weighted by atomic mass is 9.96. The smallest absolute Gasteiger partial charge is 0.410 e. The van der Waals surface area contributed by atoms with E-state index in [2.05, 4.69) is 5.32 Å². The van der Waals surface area contributed by atoms with Gasteiger partial charge in [-0.15, -0.1) is 0 Å². The van der Waals surface area contributed by atoms with E-state index in [1.165, 1.54) is 7.11 Å². The molecule has 0 radical (unpaired) electrons. The molecular formula is C23H32N2O6. The molecule has 1 atom stereocenters. The van der Waals surface area contributed by atoms with Crippen molar-refractivity contribution in [3.05, 3.63) is 48.0 Å². The second-order valence-electron chi connectivity index (χ2n) is 8.40. The monoisotopic (exact) mass is 432 g/mol. The molecule has 0 unspecified atom stereocenters. The van der Waals surface area contributed by atoms with Crippen molar-refractivity contribution in [2.75, 3.05) is 20.2 Å². The van der Waals surface area contributed by atoms with Gasteiger partial charge < -0.3 is 24.4 Å². The lowest BCUT2D eigenvalue weighted by Gasteiger charge is -2.32. The second-order valence-corrected chi connectivity index (χ2v) is 8.40. The van der Waals surface area contributed by atoms with Gasteiger partial charge in [0.15, 0.2) is 0 Å². The van der Waals surface area contributed by atoms with Gasteiger partial charge >= 0.3 is 18.2 Å². The topological polar surface area (TPSA) is 94.2 Å². The van der Waals surface area contributed by atoms with Crippen molar-refractivity contribution >= 4 is 18.2 Å². The van der Waals surface area contributed by atoms with E-state index in [1.54, 1.807) is 11.0 Å². The van der Waals surface area contributed by atoms with Crippen LogP contribution in [0.5, 0.6) is 0 Å². The van der Waals surface area contributed by atoms with Crippen LogP contribution in [0.25, 0.3) is 0 Å². The molecule has 8 nitrogen and oxygen atoms in total. The third kappa shape index (κ3) is 8.70. The van der Waals surface area contributed by atoms with Crippen molar-refractivity contribution in [2.45, 2.75) is 51.9 Å². The molecule has 8 heteroatoms. The summed E-state index contributed by atoms with van der Waals surface area (Å²) in [5.74, 6) is -0.410. The molecule has 0 bridgehead atoms. The highest BCUT2D eigenvalue weighted by Crippen LogP contribution is 2.21. The van der Waals surface area contributed by atoms with Gasteiger partial charge in [-0.3, -0.25) is 0 Å². The molecule has 1 N–H and O–H groups in total. The predicted octanol–water partition coefficient (Wildman–Crippen LogP) is 3.66. The summed E-state index contributed by atoms with van der Waals surface area (Å²) in [6, 6.07) is 8.32. The van der Waals surface area contributed by atoms with Crippen molar-refractivity contribution in [3.8, 4) is 0 Å². The summed E-state index contributed by atoms with van der Waals surface area (Å²) in [6.07, 6.45) is 3.95. The number of rotatable bonds is 6. The van der Waals surface area contributed by atoms with E-state index in [0.717, 1.165) is 18.4 Å². The molecule has 1 fully saturated rings. The Labute approximate surface area is 183 Å². The number of ether oxygens (including phenoxy) is 3. The molecule has 0 aromatic heterocycles. The fourth-order valence-corrected chi connectivity index (χ4v) is 3.07. The van der Waals surface area contributed by atoms with Crippen LogP contribution in [0.3, 0.4) is 0 Å². The van der Waals surface area contributed by atoms with E-state index in [0.29, 0.717) is 13.1 Å². The van der Waals surface area contributed by atoms with E-state index in [-0.39, 0.29) is 18.6 Å². The molecule has 1 aromatic carbocycles. The van der Waals surface area contributed by atoms with Crippen LogP contribution in [-0.2, 0) is 25.6 Å². The minimum atomic E-state index is -0.947. The molecule has 0 spiro atoms. The van der Waals surface area contributed by atoms with E-state index < -0.39 is 23.7 Å². The van der Waals surface area contributed by atoms with Gasteiger partial charge in [0.1, 0.15) is 18.2 Å². The zero-order chi connectivity index (χ0) is 22.9. The number of allylic oxidation sites excluding steroid dienone is 1. The predicted molar refractivity (Wildman–Crippen MR) is 115 cm³/mol. The molecule has 1 heterocycles. The van der Waals surface area contributed by atoms with Crippen molar-refractivity contribution in [2.24, 2.45) is 5.92 Å². The summed E-state index contributed by atoms with van der Waals surface area (Å²) in [4.78, 5) is 38.0. The lowest BCUT2D eigenvalue weighted by molar-refractivity contribution is -0.141. The first-order valence-corrected chi connectivity index (χ1v) is 10.4. The summed E-state index contributed by atoms with van der Waals surface area (Å²) in [6.45, 7) is 6.76. The molecule has 1 aromatic rings. The average Bonchev–Trinajstić information content (AvgIpc) is 2.74. The van der Waals surface area contributed by atoms with Gasteiger partial charge in [-0.2, -0.15) is 0 Å². The van der Waals surface area contributed by atoms with Gasteiger partial charge in [0.25, 0.3) is 0 Å². The number of carbonyl (C=O) groups is 3. The summed E-state index contributed by atoms with van der Waals surface area (Å²) < 4.78 is 15.4. The maximum absolute atomic E-state index is 12.2. The minimum Gasteiger partial charge on any atom is -0.467 e. The molecule has 1 aliphatic rings. The third-order valence-electron chi connectivity index (χ3n) is 4.71. The maximum Gasteiger partial charge on any atom is 0.410 e. The van der Waals surface area contributed by atoms with Crippen LogP contribution >= 0.6 is 0 Å². The van der Waals surface area contributed by atoms with Gasteiger partial charge in [-0.1, -0.05) is 42.5 Å². The number of methoxy groups -OCH3 is 1. The minimum absolute atomic E-state index is 0.105. The lowest BCUT2D eigenvalue weighted by Crippen LogP contribution is -2.42. The number of hydrogen-bond donors (Lipinski definition) is 1. The van der Waals surface area contributed by atoms with Crippen LogP contribution in [0.2, 0.25) is 0 Å². The summed E-state index contributed by atoms with van der Waals surface area (Å²) in [5.41, 5.74) is 0.321. The summed E-state index contributed by atoms with van der Waals surface area (Å²) in [7, 11) is 1.26. The zero-order valence-electron chi connectivity index (χ0n) is 18.6. The number of carbonyl (C=O) groups excluding carboxylic acids is 3. The van der Waals surface area contributed by atoms with Crippen molar-refractivity contribution < 1.29 is 28.6 Å². The quantitative estimate of drug-likeness (QED) is 0.419. The SMILES string of the molecule is COC(=O)[C@@H](/C=C/C1CCN(C(=O)OC(C)(C)C)CC1)NC(=O)OCc1ccccc1. The van der Waals surface area contributed by atoms with E-state index >= 15 is 0 Å². The highest BCUT2D eigenvalue weighted by molar-refractivity contribution is 5.83. The number of esters is 1. The molecule has 1 aliphatic heterocycles. The fourth-order valence-electron chi connectivity index (χ4n) is 3.07. The van der Waals surface area contributed by atoms with E-state index in [1.807, 2.05) is 57.2 Å². The Balaban J connectivity index is 1.84. The van der Waals surface area contributed by atoms with Gasteiger partial charge in [-0.25, -0.2) is 14.4 Å². The van der Waals surface area contributed by atoms with Crippen LogP contribution in [-0.4, -0.2) is 54.9 Å². The van der Waals surface area contributed by atoms with Crippen LogP contribution in [0.15, 0.2) is 42.5 Å². The van der Waals surface area contributed by atoms with E-state index in [4.69, 9.17) is 14.2 Å². The zero-order valence-corrected chi connectivity index (χ0v) is 18.6. The average molecular weight is 433 g/mol. The number of nitrogens with one attached hydrogen (secondary N) is 1. The Morgan fingerprint density at radius 1 is 1.16 bits per heavy atom. The van der Waals surface area contributed by atoms with Crippen molar-refractivity contribution in [1.82, 2.24) is 10.2 Å². The van der Waals surface area contributed by atoms with Crippen LogP contribution in [0.4, 0.5) is 9.59 Å². The number of nitrogens with zero attached hydrogens (tertiary/aromatic N) is 1. The third-order valence-corrected chi connectivity index (χ3v) is 4.71. The number of alkyl carbamates (subject to hydrolysis) is 1. The van der Waals surface area contributed by atoms with Gasteiger partial charge in [0.2, 0.25) is 0 Å². The Kier molecular flexibility index (Phi) is 8.90. The van der Waals surface area contributed by atoms with Crippen LogP contribution in [0.1, 0.15) is 39.2 Å². The standard InChI is InChI=1S/C23H32N2O6/c1-23(2,3)31-22(28)25-14-12-17(13-15-25)10-11-19(20(26)29-4)24-21(27)30-16-18-8-6-5-7-9-18/h5-11,17,19H,12-16H2,1-4H3,(H,24,27)/b11-10+/t19-/m1/s1. The fraction of sp³-hybridized carbons (Fsp3) is 0.522. The maximum atomic E-state index is 12.2. The molecular weight excluding hydrogens is 400 g/mol. The Morgan fingerprint density at radius 3 is 2.39 bits per heavy atom. The molecule has 31 heavy (non-hydrogen) atoms. The number of benzene rings is 1. The first kappa shape index (κ1) is 24.2. The van der Waals surface area contributed by atoms with Crippen molar-refractivity contribution in [1.29, 1.82) is 0 Å². The van der Waals surface area contributed by atoms with Gasteiger partial charge in [0, 0.05) is 13.1 Å². The molecule has 2 rings (SSSR count). The Morgan fingerprint density at radius 2 is 1.81 bits per heavy atom. The highest BCUT2D eigenvalue weighted by Gasteiger charge is 2.26. The Bertz CT molecular complexity index is 764. The second kappa shape index (κ2) is 11.4. The summed E-state index contributed by atoms with van der Waals surface area (Å²) in [5, 5.41) is 2.52. The number of amides is 2. The number of likely N-dealkylation sites (tertiary alicyclic amines) is 1. The highest BCUT2D eigenvalue weighted by atomic mass is 16.6. The van der Waals surface area contributed by atoms with Crippen LogP contribution < -0.4 is 5.32 Å². The largest absolute Gasteiger partial charge is 0.467 e. The van der Waals surface area contributed by atoms with Crippen molar-refractivity contribution in [3.63, 3.8) is 0 Å². The van der Waals surface area contributed by atoms with Gasteiger partial charge in [-0.05, 0) is 45.1 Å². The Hall–Kier alpha value is -3.03. The molecule has 170 valence electrons. The normalized spacial score (nSPS) is 15.9. The molecule has 0 saturated carbocycles. The molecule has 0 aliphatic carbocycles.